The maximum Gasteiger partial charge on any atom is 0.151 e. The third-order valence-corrected chi connectivity index (χ3v) is 5.77. The van der Waals surface area contributed by atoms with Crippen LogP contribution in [0.25, 0.3) is 0 Å². The third-order valence-electron chi connectivity index (χ3n) is 3.81. The molecule has 0 radical (unpaired) electrons. The van der Waals surface area contributed by atoms with Gasteiger partial charge in [-0.3, -0.25) is 0 Å². The lowest BCUT2D eigenvalue weighted by atomic mass is 10.2. The normalized spacial score (nSPS) is 17.0. The molecule has 0 spiro atoms. The van der Waals surface area contributed by atoms with Crippen LogP contribution in [0.1, 0.15) is 23.3 Å². The third kappa shape index (κ3) is 3.79. The fourth-order valence-electron chi connectivity index (χ4n) is 2.65. The number of pyridine rings is 1. The van der Waals surface area contributed by atoms with Crippen molar-refractivity contribution in [1.82, 2.24) is 4.98 Å². The Morgan fingerprint density at radius 3 is 2.83 bits per heavy atom. The molecule has 1 saturated heterocycles. The highest BCUT2D eigenvalue weighted by Crippen LogP contribution is 2.37. The van der Waals surface area contributed by atoms with Gasteiger partial charge in [0.1, 0.15) is 16.7 Å². The van der Waals surface area contributed by atoms with Crippen LogP contribution in [-0.2, 0) is 11.3 Å². The second kappa shape index (κ2) is 7.90. The SMILES string of the molecule is N#Cc1c(Cl)nc(N(Cc2cccs2)C[C@@H]2CCCO2)c(Cl)c1Cl. The fraction of sp³-hybridized carbons (Fsp3) is 0.375. The summed E-state index contributed by atoms with van der Waals surface area (Å²) >= 11 is 20.4. The van der Waals surface area contributed by atoms with Gasteiger partial charge in [-0.25, -0.2) is 4.98 Å². The molecule has 1 aliphatic rings. The van der Waals surface area contributed by atoms with Crippen molar-refractivity contribution in [2.24, 2.45) is 0 Å². The first-order valence-electron chi connectivity index (χ1n) is 7.43. The molecule has 1 fully saturated rings. The average Bonchev–Trinajstić information content (AvgIpc) is 3.24. The predicted molar refractivity (Wildman–Crippen MR) is 98.3 cm³/mol. The summed E-state index contributed by atoms with van der Waals surface area (Å²) in [4.78, 5) is 7.51. The van der Waals surface area contributed by atoms with Crippen molar-refractivity contribution in [2.45, 2.75) is 25.5 Å². The molecule has 0 amide bonds. The lowest BCUT2D eigenvalue weighted by Gasteiger charge is -2.27. The summed E-state index contributed by atoms with van der Waals surface area (Å²) in [5, 5.41) is 11.6. The number of nitrogens with zero attached hydrogens (tertiary/aromatic N) is 3. The summed E-state index contributed by atoms with van der Waals surface area (Å²) in [5.41, 5.74) is 0.0975. The average molecular weight is 403 g/mol. The van der Waals surface area contributed by atoms with Gasteiger partial charge in [-0.15, -0.1) is 11.3 Å². The number of rotatable bonds is 5. The predicted octanol–water partition coefficient (Wildman–Crippen LogP) is 5.16. The van der Waals surface area contributed by atoms with Gasteiger partial charge in [0.25, 0.3) is 0 Å². The number of thiophene rings is 1. The maximum atomic E-state index is 9.14. The van der Waals surface area contributed by atoms with E-state index in [-0.39, 0.29) is 26.9 Å². The van der Waals surface area contributed by atoms with E-state index in [4.69, 9.17) is 44.8 Å². The minimum atomic E-state index is 0.0606. The minimum Gasteiger partial charge on any atom is -0.376 e. The van der Waals surface area contributed by atoms with Crippen LogP contribution in [0.4, 0.5) is 5.82 Å². The van der Waals surface area contributed by atoms with Crippen molar-refractivity contribution in [2.75, 3.05) is 18.1 Å². The van der Waals surface area contributed by atoms with E-state index in [1.165, 1.54) is 4.88 Å². The lowest BCUT2D eigenvalue weighted by Crippen LogP contribution is -2.32. The molecular formula is C16H14Cl3N3OS. The van der Waals surface area contributed by atoms with Gasteiger partial charge < -0.3 is 9.64 Å². The Labute approximate surface area is 159 Å². The molecule has 1 aliphatic heterocycles. The van der Waals surface area contributed by atoms with Gasteiger partial charge in [-0.2, -0.15) is 5.26 Å². The first-order valence-corrected chi connectivity index (χ1v) is 9.45. The van der Waals surface area contributed by atoms with Crippen LogP contribution in [0.15, 0.2) is 17.5 Å². The number of halogens is 3. The Morgan fingerprint density at radius 2 is 2.21 bits per heavy atom. The Hall–Kier alpha value is -1.03. The van der Waals surface area contributed by atoms with Crippen molar-refractivity contribution < 1.29 is 4.74 Å². The van der Waals surface area contributed by atoms with Crippen LogP contribution >= 0.6 is 46.1 Å². The van der Waals surface area contributed by atoms with Crippen molar-refractivity contribution in [3.63, 3.8) is 0 Å². The summed E-state index contributed by atoms with van der Waals surface area (Å²) < 4.78 is 5.74. The highest BCUT2D eigenvalue weighted by atomic mass is 35.5. The number of ether oxygens (including phenoxy) is 1. The molecule has 24 heavy (non-hydrogen) atoms. The second-order valence-corrected chi connectivity index (χ2v) is 7.58. The van der Waals surface area contributed by atoms with Crippen LogP contribution in [0, 0.1) is 11.3 Å². The largest absolute Gasteiger partial charge is 0.376 e. The molecule has 8 heteroatoms. The van der Waals surface area contributed by atoms with E-state index in [2.05, 4.69) is 4.98 Å². The first kappa shape index (κ1) is 17.8. The highest BCUT2D eigenvalue weighted by molar-refractivity contribution is 7.09. The topological polar surface area (TPSA) is 49.2 Å². The van der Waals surface area contributed by atoms with Gasteiger partial charge >= 0.3 is 0 Å². The van der Waals surface area contributed by atoms with Gasteiger partial charge in [0.2, 0.25) is 0 Å². The molecule has 0 unspecified atom stereocenters. The van der Waals surface area contributed by atoms with E-state index < -0.39 is 0 Å². The van der Waals surface area contributed by atoms with Crippen molar-refractivity contribution >= 4 is 52.0 Å². The molecule has 126 valence electrons. The summed E-state index contributed by atoms with van der Waals surface area (Å²) in [7, 11) is 0. The molecule has 0 aromatic carbocycles. The van der Waals surface area contributed by atoms with E-state index >= 15 is 0 Å². The van der Waals surface area contributed by atoms with Crippen LogP contribution in [0.5, 0.6) is 0 Å². The number of aromatic nitrogens is 1. The number of anilines is 1. The smallest absolute Gasteiger partial charge is 0.151 e. The van der Waals surface area contributed by atoms with Gasteiger partial charge in [0, 0.05) is 18.0 Å². The molecule has 2 aromatic rings. The Balaban J connectivity index is 1.96. The summed E-state index contributed by atoms with van der Waals surface area (Å²) in [6.07, 6.45) is 2.17. The molecule has 3 heterocycles. The minimum absolute atomic E-state index is 0.0606. The van der Waals surface area contributed by atoms with Crippen molar-refractivity contribution in [1.29, 1.82) is 5.26 Å². The van der Waals surface area contributed by atoms with E-state index in [1.54, 1.807) is 11.3 Å². The van der Waals surface area contributed by atoms with Gasteiger partial charge in [0.15, 0.2) is 11.0 Å². The Morgan fingerprint density at radius 1 is 1.38 bits per heavy atom. The summed E-state index contributed by atoms with van der Waals surface area (Å²) in [5.74, 6) is 0.481. The molecule has 0 N–H and O–H groups in total. The zero-order valence-corrected chi connectivity index (χ0v) is 15.7. The van der Waals surface area contributed by atoms with E-state index in [1.807, 2.05) is 28.5 Å². The number of hydrogen-bond acceptors (Lipinski definition) is 5. The van der Waals surface area contributed by atoms with Gasteiger partial charge in [-0.1, -0.05) is 40.9 Å². The Kier molecular flexibility index (Phi) is 5.85. The number of nitriles is 1. The summed E-state index contributed by atoms with van der Waals surface area (Å²) in [6.45, 7) is 2.04. The van der Waals surface area contributed by atoms with Crippen LogP contribution in [0.3, 0.4) is 0 Å². The molecule has 2 aromatic heterocycles. The van der Waals surface area contributed by atoms with Gasteiger partial charge in [0.05, 0.1) is 17.7 Å². The van der Waals surface area contributed by atoms with E-state index in [9.17, 15) is 0 Å². The number of hydrogen-bond donors (Lipinski definition) is 0. The molecular weight excluding hydrogens is 389 g/mol. The molecule has 0 aliphatic carbocycles. The fourth-order valence-corrected chi connectivity index (χ4v) is 4.11. The molecule has 0 saturated carbocycles. The van der Waals surface area contributed by atoms with Crippen molar-refractivity contribution in [3.05, 3.63) is 43.2 Å². The van der Waals surface area contributed by atoms with Crippen LogP contribution < -0.4 is 4.90 Å². The zero-order chi connectivity index (χ0) is 17.1. The first-order chi connectivity index (χ1) is 11.6. The summed E-state index contributed by atoms with van der Waals surface area (Å²) in [6, 6.07) is 5.98. The van der Waals surface area contributed by atoms with Crippen LogP contribution in [-0.4, -0.2) is 24.2 Å². The zero-order valence-electron chi connectivity index (χ0n) is 12.6. The van der Waals surface area contributed by atoms with Crippen molar-refractivity contribution in [3.8, 4) is 6.07 Å². The van der Waals surface area contributed by atoms with Crippen LogP contribution in [0.2, 0.25) is 15.2 Å². The highest BCUT2D eigenvalue weighted by Gasteiger charge is 2.25. The molecule has 0 bridgehead atoms. The van der Waals surface area contributed by atoms with E-state index in [0.29, 0.717) is 18.9 Å². The van der Waals surface area contributed by atoms with Gasteiger partial charge in [-0.05, 0) is 24.3 Å². The molecule has 4 nitrogen and oxygen atoms in total. The van der Waals surface area contributed by atoms with E-state index in [0.717, 1.165) is 19.4 Å². The Bertz CT molecular complexity index is 755. The monoisotopic (exact) mass is 401 g/mol. The molecule has 3 rings (SSSR count). The lowest BCUT2D eigenvalue weighted by molar-refractivity contribution is 0.115. The molecule has 1 atom stereocenters. The standard InChI is InChI=1S/C16H14Cl3N3OS/c17-13-12(7-20)15(19)21-16(14(13)18)22(8-10-3-1-5-23-10)9-11-4-2-6-24-11/h2,4,6,10H,1,3,5,8-9H2/t10-/m0/s1. The quantitative estimate of drug-likeness (QED) is 0.648. The maximum absolute atomic E-state index is 9.14. The second-order valence-electron chi connectivity index (χ2n) is 5.44.